The summed E-state index contributed by atoms with van der Waals surface area (Å²) >= 11 is 0. The van der Waals surface area contributed by atoms with Gasteiger partial charge >= 0.3 is 0 Å². The van der Waals surface area contributed by atoms with Gasteiger partial charge in [0.2, 0.25) is 0 Å². The average Bonchev–Trinajstić information content (AvgIpc) is 3.32. The summed E-state index contributed by atoms with van der Waals surface area (Å²) in [6.45, 7) is 5.39. The summed E-state index contributed by atoms with van der Waals surface area (Å²) in [5, 5.41) is 6.73. The van der Waals surface area contributed by atoms with Crippen molar-refractivity contribution in [2.75, 3.05) is 26.3 Å². The number of nitrogens with one attached hydrogen (secondary N) is 2. The molecule has 0 atom stereocenters. The fourth-order valence-corrected chi connectivity index (χ4v) is 2.80. The number of hydrogen-bond donors (Lipinski definition) is 2. The van der Waals surface area contributed by atoms with Crippen LogP contribution in [0.5, 0.6) is 0 Å². The fraction of sp³-hybridized carbons (Fsp3) is 0.450. The first-order valence-electron chi connectivity index (χ1n) is 9.10. The van der Waals surface area contributed by atoms with Gasteiger partial charge in [-0.3, -0.25) is 0 Å². The smallest absolute Gasteiger partial charge is 0.191 e. The highest BCUT2D eigenvalue weighted by Gasteiger charge is 2.30. The van der Waals surface area contributed by atoms with E-state index in [1.807, 2.05) is 37.3 Å². The van der Waals surface area contributed by atoms with Crippen LogP contribution in [0.4, 0.5) is 0 Å². The molecule has 0 radical (unpaired) electrons. The molecule has 1 aliphatic rings. The lowest BCUT2D eigenvalue weighted by Crippen LogP contribution is -2.41. The van der Waals surface area contributed by atoms with E-state index in [9.17, 15) is 0 Å². The maximum absolute atomic E-state index is 5.65. The Morgan fingerprint density at radius 3 is 2.54 bits per heavy atom. The highest BCUT2D eigenvalue weighted by Crippen LogP contribution is 2.21. The maximum atomic E-state index is 5.65. The second-order valence-corrected chi connectivity index (χ2v) is 6.41. The van der Waals surface area contributed by atoms with Crippen molar-refractivity contribution in [2.45, 2.75) is 32.1 Å². The summed E-state index contributed by atoms with van der Waals surface area (Å²) in [6.07, 6.45) is 3.26. The van der Waals surface area contributed by atoms with Crippen LogP contribution in [0.3, 0.4) is 0 Å². The van der Waals surface area contributed by atoms with E-state index in [1.165, 1.54) is 5.56 Å². The topological polar surface area (TPSA) is 68.0 Å². The Bertz CT molecular complexity index is 665. The number of guanidine groups is 1. The molecule has 1 saturated heterocycles. The monoisotopic (exact) mass is 357 g/mol. The van der Waals surface area contributed by atoms with Gasteiger partial charge in [0.15, 0.2) is 11.7 Å². The third-order valence-corrected chi connectivity index (χ3v) is 4.28. The van der Waals surface area contributed by atoms with Crippen LogP contribution in [0.15, 0.2) is 58.1 Å². The lowest BCUT2D eigenvalue weighted by molar-refractivity contribution is -0.145. The lowest BCUT2D eigenvalue weighted by atomic mass is 10.2. The minimum atomic E-state index is -0.494. The Morgan fingerprint density at radius 2 is 1.81 bits per heavy atom. The molecule has 6 nitrogen and oxygen atoms in total. The predicted molar refractivity (Wildman–Crippen MR) is 101 cm³/mol. The number of hydrogen-bond acceptors (Lipinski definition) is 4. The Hall–Kier alpha value is -2.31. The minimum Gasteiger partial charge on any atom is -0.469 e. The molecule has 0 bridgehead atoms. The van der Waals surface area contributed by atoms with Gasteiger partial charge in [-0.2, -0.15) is 0 Å². The van der Waals surface area contributed by atoms with Crippen LogP contribution in [-0.2, 0) is 22.4 Å². The SMILES string of the molecule is CC1(CCNC(=NCc2ccccc2)NCCc2ccco2)OCCO1. The van der Waals surface area contributed by atoms with Gasteiger partial charge in [-0.15, -0.1) is 0 Å². The van der Waals surface area contributed by atoms with Crippen molar-refractivity contribution in [1.29, 1.82) is 0 Å². The predicted octanol–water partition coefficient (Wildman–Crippen LogP) is 2.71. The number of furan rings is 1. The summed E-state index contributed by atoms with van der Waals surface area (Å²) in [5.74, 6) is 1.24. The summed E-state index contributed by atoms with van der Waals surface area (Å²) in [6, 6.07) is 14.1. The van der Waals surface area contributed by atoms with Crippen LogP contribution in [0.25, 0.3) is 0 Å². The van der Waals surface area contributed by atoms with Gasteiger partial charge < -0.3 is 24.5 Å². The molecule has 1 aliphatic heterocycles. The summed E-state index contributed by atoms with van der Waals surface area (Å²) in [7, 11) is 0. The van der Waals surface area contributed by atoms with Crippen LogP contribution in [0.2, 0.25) is 0 Å². The minimum absolute atomic E-state index is 0.494. The van der Waals surface area contributed by atoms with Gasteiger partial charge in [-0.05, 0) is 24.6 Å². The zero-order valence-corrected chi connectivity index (χ0v) is 15.2. The molecule has 0 aliphatic carbocycles. The highest BCUT2D eigenvalue weighted by molar-refractivity contribution is 5.79. The fourth-order valence-electron chi connectivity index (χ4n) is 2.80. The molecule has 2 aromatic rings. The molecule has 0 saturated carbocycles. The van der Waals surface area contributed by atoms with Crippen LogP contribution in [0.1, 0.15) is 24.7 Å². The van der Waals surface area contributed by atoms with Gasteiger partial charge in [-0.1, -0.05) is 30.3 Å². The number of aliphatic imine (C=N–C) groups is 1. The van der Waals surface area contributed by atoms with Crippen LogP contribution < -0.4 is 10.6 Å². The van der Waals surface area contributed by atoms with Crippen molar-refractivity contribution in [3.8, 4) is 0 Å². The Labute approximate surface area is 154 Å². The van der Waals surface area contributed by atoms with E-state index < -0.39 is 5.79 Å². The number of rotatable bonds is 8. The van der Waals surface area contributed by atoms with E-state index in [-0.39, 0.29) is 0 Å². The van der Waals surface area contributed by atoms with E-state index >= 15 is 0 Å². The molecular formula is C20H27N3O3. The Balaban J connectivity index is 1.51. The van der Waals surface area contributed by atoms with Crippen molar-refractivity contribution in [2.24, 2.45) is 4.99 Å². The second kappa shape index (κ2) is 9.40. The van der Waals surface area contributed by atoms with Crippen LogP contribution in [0, 0.1) is 0 Å². The molecular weight excluding hydrogens is 330 g/mol. The van der Waals surface area contributed by atoms with Crippen LogP contribution >= 0.6 is 0 Å². The standard InChI is InChI=1S/C20H27N3O3/c1-20(25-14-15-26-20)10-12-22-19(21-11-9-18-8-5-13-24-18)23-16-17-6-3-2-4-7-17/h2-8,13H,9-12,14-16H2,1H3,(H2,21,22,23). The zero-order valence-electron chi connectivity index (χ0n) is 15.2. The maximum Gasteiger partial charge on any atom is 0.191 e. The molecule has 0 spiro atoms. The van der Waals surface area contributed by atoms with Gasteiger partial charge in [0.1, 0.15) is 5.76 Å². The van der Waals surface area contributed by atoms with E-state index in [4.69, 9.17) is 13.9 Å². The molecule has 1 fully saturated rings. The Kier molecular flexibility index (Phi) is 6.68. The zero-order chi connectivity index (χ0) is 18.1. The van der Waals surface area contributed by atoms with Crippen molar-refractivity contribution in [1.82, 2.24) is 10.6 Å². The molecule has 140 valence electrons. The van der Waals surface area contributed by atoms with Crippen molar-refractivity contribution in [3.63, 3.8) is 0 Å². The molecule has 3 rings (SSSR count). The quantitative estimate of drug-likeness (QED) is 0.562. The lowest BCUT2D eigenvalue weighted by Gasteiger charge is -2.23. The molecule has 26 heavy (non-hydrogen) atoms. The first kappa shape index (κ1) is 18.5. The van der Waals surface area contributed by atoms with Crippen molar-refractivity contribution < 1.29 is 13.9 Å². The van der Waals surface area contributed by atoms with Gasteiger partial charge in [0.05, 0.1) is 26.0 Å². The number of ether oxygens (including phenoxy) is 2. The van der Waals surface area contributed by atoms with E-state index in [2.05, 4.69) is 27.8 Å². The molecule has 1 aromatic heterocycles. The molecule has 2 N–H and O–H groups in total. The number of nitrogens with zero attached hydrogens (tertiary/aromatic N) is 1. The summed E-state index contributed by atoms with van der Waals surface area (Å²) in [4.78, 5) is 4.68. The van der Waals surface area contributed by atoms with Gasteiger partial charge in [0.25, 0.3) is 0 Å². The molecule has 0 unspecified atom stereocenters. The average molecular weight is 357 g/mol. The highest BCUT2D eigenvalue weighted by atomic mass is 16.7. The summed E-state index contributed by atoms with van der Waals surface area (Å²) < 4.78 is 16.7. The van der Waals surface area contributed by atoms with Crippen molar-refractivity contribution in [3.05, 3.63) is 60.1 Å². The molecule has 6 heteroatoms. The van der Waals surface area contributed by atoms with Gasteiger partial charge in [-0.25, -0.2) is 4.99 Å². The van der Waals surface area contributed by atoms with Crippen LogP contribution in [-0.4, -0.2) is 38.0 Å². The van der Waals surface area contributed by atoms with Gasteiger partial charge in [0, 0.05) is 25.9 Å². The third kappa shape index (κ3) is 5.89. The first-order valence-corrected chi connectivity index (χ1v) is 9.10. The van der Waals surface area contributed by atoms with E-state index in [0.717, 1.165) is 37.7 Å². The molecule has 1 aromatic carbocycles. The normalized spacial score (nSPS) is 16.6. The van der Waals surface area contributed by atoms with Crippen molar-refractivity contribution >= 4 is 5.96 Å². The second-order valence-electron chi connectivity index (χ2n) is 6.41. The first-order chi connectivity index (χ1) is 12.7. The number of benzene rings is 1. The molecule has 0 amide bonds. The largest absolute Gasteiger partial charge is 0.469 e. The van der Waals surface area contributed by atoms with E-state index in [1.54, 1.807) is 6.26 Å². The third-order valence-electron chi connectivity index (χ3n) is 4.28. The Morgan fingerprint density at radius 1 is 1.04 bits per heavy atom. The molecule has 2 heterocycles. The summed E-state index contributed by atoms with van der Waals surface area (Å²) in [5.41, 5.74) is 1.18. The van der Waals surface area contributed by atoms with E-state index in [0.29, 0.717) is 19.8 Å².